The van der Waals surface area contributed by atoms with E-state index in [1.165, 1.54) is 12.1 Å². The van der Waals surface area contributed by atoms with Gasteiger partial charge in [0.25, 0.3) is 11.8 Å². The molecule has 1 aromatic heterocycles. The molecule has 2 amide bonds. The molecule has 26 heavy (non-hydrogen) atoms. The summed E-state index contributed by atoms with van der Waals surface area (Å²) in [5, 5.41) is 4.68. The van der Waals surface area contributed by atoms with Gasteiger partial charge in [-0.05, 0) is 42.8 Å². The second-order valence-corrected chi connectivity index (χ2v) is 5.84. The lowest BCUT2D eigenvalue weighted by molar-refractivity contribution is -0.0584. The summed E-state index contributed by atoms with van der Waals surface area (Å²) in [5.41, 5.74) is 2.27. The van der Waals surface area contributed by atoms with Crippen molar-refractivity contribution >= 4 is 17.8 Å². The minimum absolute atomic E-state index is 0.201. The van der Waals surface area contributed by atoms with Crippen LogP contribution in [-0.4, -0.2) is 32.6 Å². The minimum atomic E-state index is -0.801. The van der Waals surface area contributed by atoms with Gasteiger partial charge in [0.15, 0.2) is 0 Å². The van der Waals surface area contributed by atoms with Crippen molar-refractivity contribution in [1.82, 2.24) is 14.8 Å². The number of hydrogen-bond acceptors (Lipinski definition) is 5. The molecule has 7 heteroatoms. The number of aryl methyl sites for hydroxylation is 1. The molecule has 0 unspecified atom stereocenters. The number of aromatic nitrogens is 2. The largest absolute Gasteiger partial charge is 0.364 e. The molecule has 0 spiro atoms. The van der Waals surface area contributed by atoms with E-state index in [1.54, 1.807) is 47.3 Å². The van der Waals surface area contributed by atoms with Crippen LogP contribution in [-0.2, 0) is 4.84 Å². The van der Waals surface area contributed by atoms with E-state index in [0.717, 1.165) is 5.56 Å². The SMILES string of the molecule is Cc1cnn(-c2cccc(C(=O)ON3C(=O)c4ccccc4C3=O)c2)c1. The Kier molecular flexibility index (Phi) is 3.62. The summed E-state index contributed by atoms with van der Waals surface area (Å²) < 4.78 is 1.62. The first kappa shape index (κ1) is 15.8. The topological polar surface area (TPSA) is 81.5 Å². The average molecular weight is 347 g/mol. The number of benzene rings is 2. The van der Waals surface area contributed by atoms with Crippen molar-refractivity contribution in [2.75, 3.05) is 0 Å². The molecule has 0 atom stereocenters. The van der Waals surface area contributed by atoms with Crippen LogP contribution in [0.25, 0.3) is 5.69 Å². The Morgan fingerprint density at radius 3 is 2.31 bits per heavy atom. The fourth-order valence-corrected chi connectivity index (χ4v) is 2.72. The Bertz CT molecular complexity index is 1020. The number of imide groups is 1. The molecule has 1 aliphatic heterocycles. The Balaban J connectivity index is 1.58. The smallest absolute Gasteiger partial charge is 0.324 e. The van der Waals surface area contributed by atoms with E-state index in [1.807, 2.05) is 13.1 Å². The Morgan fingerprint density at radius 1 is 1.00 bits per heavy atom. The molecule has 0 radical (unpaired) electrons. The predicted octanol–water partition coefficient (Wildman–Crippen LogP) is 2.55. The fourth-order valence-electron chi connectivity index (χ4n) is 2.72. The summed E-state index contributed by atoms with van der Waals surface area (Å²) in [5.74, 6) is -2.11. The van der Waals surface area contributed by atoms with Crippen LogP contribution in [0.2, 0.25) is 0 Å². The third-order valence-electron chi connectivity index (χ3n) is 3.99. The number of rotatable bonds is 3. The highest BCUT2D eigenvalue weighted by atomic mass is 16.7. The lowest BCUT2D eigenvalue weighted by Gasteiger charge is -2.13. The van der Waals surface area contributed by atoms with Crippen LogP contribution in [0.15, 0.2) is 60.9 Å². The van der Waals surface area contributed by atoms with E-state index >= 15 is 0 Å². The number of nitrogens with zero attached hydrogens (tertiary/aromatic N) is 3. The van der Waals surface area contributed by atoms with Crippen LogP contribution in [0.4, 0.5) is 0 Å². The quantitative estimate of drug-likeness (QED) is 0.680. The van der Waals surface area contributed by atoms with Gasteiger partial charge in [0.2, 0.25) is 0 Å². The lowest BCUT2D eigenvalue weighted by atomic mass is 10.1. The molecule has 2 aromatic carbocycles. The van der Waals surface area contributed by atoms with Gasteiger partial charge >= 0.3 is 5.97 Å². The van der Waals surface area contributed by atoms with E-state index in [2.05, 4.69) is 5.10 Å². The number of amides is 2. The zero-order valence-electron chi connectivity index (χ0n) is 13.7. The summed E-state index contributed by atoms with van der Waals surface area (Å²) in [4.78, 5) is 42.1. The van der Waals surface area contributed by atoms with Crippen molar-refractivity contribution < 1.29 is 19.2 Å². The van der Waals surface area contributed by atoms with Gasteiger partial charge in [0, 0.05) is 6.20 Å². The standard InChI is InChI=1S/C19H13N3O4/c1-12-10-20-21(11-12)14-6-4-5-13(9-14)19(25)26-22-17(23)15-7-2-3-8-16(15)18(22)24/h2-11H,1H3. The van der Waals surface area contributed by atoms with E-state index in [9.17, 15) is 14.4 Å². The molecule has 3 aromatic rings. The number of carbonyl (C=O) groups excluding carboxylic acids is 3. The van der Waals surface area contributed by atoms with Crippen molar-refractivity contribution in [2.45, 2.75) is 6.92 Å². The molecular formula is C19H13N3O4. The predicted molar refractivity (Wildman–Crippen MR) is 90.7 cm³/mol. The Hall–Kier alpha value is -3.74. The maximum atomic E-state index is 12.4. The maximum absolute atomic E-state index is 12.4. The summed E-state index contributed by atoms with van der Waals surface area (Å²) in [7, 11) is 0. The zero-order valence-corrected chi connectivity index (χ0v) is 13.7. The van der Waals surface area contributed by atoms with Gasteiger partial charge in [-0.2, -0.15) is 5.10 Å². The van der Waals surface area contributed by atoms with Crippen molar-refractivity contribution in [2.24, 2.45) is 0 Å². The molecule has 1 aliphatic rings. The highest BCUT2D eigenvalue weighted by Gasteiger charge is 2.38. The van der Waals surface area contributed by atoms with Crippen LogP contribution >= 0.6 is 0 Å². The van der Waals surface area contributed by atoms with Gasteiger partial charge < -0.3 is 4.84 Å². The van der Waals surface area contributed by atoms with Gasteiger partial charge in [0.05, 0.1) is 28.6 Å². The highest BCUT2D eigenvalue weighted by molar-refractivity contribution is 6.21. The second kappa shape index (κ2) is 5.96. The molecule has 0 aliphatic carbocycles. The van der Waals surface area contributed by atoms with Gasteiger partial charge in [-0.1, -0.05) is 23.3 Å². The lowest BCUT2D eigenvalue weighted by Crippen LogP contribution is -2.32. The van der Waals surface area contributed by atoms with Gasteiger partial charge in [-0.3, -0.25) is 9.59 Å². The van der Waals surface area contributed by atoms with Crippen molar-refractivity contribution in [3.8, 4) is 5.69 Å². The van der Waals surface area contributed by atoms with Crippen molar-refractivity contribution in [3.63, 3.8) is 0 Å². The molecule has 0 saturated heterocycles. The summed E-state index contributed by atoms with van der Waals surface area (Å²) in [6.07, 6.45) is 3.51. The first-order valence-electron chi connectivity index (χ1n) is 7.86. The van der Waals surface area contributed by atoms with E-state index in [4.69, 9.17) is 4.84 Å². The molecule has 4 rings (SSSR count). The second-order valence-electron chi connectivity index (χ2n) is 5.84. The summed E-state index contributed by atoms with van der Waals surface area (Å²) in [6.45, 7) is 1.91. The fraction of sp³-hybridized carbons (Fsp3) is 0.0526. The van der Waals surface area contributed by atoms with Crippen molar-refractivity contribution in [3.05, 3.63) is 83.2 Å². The van der Waals surface area contributed by atoms with Crippen LogP contribution in [0.5, 0.6) is 0 Å². The number of hydroxylamine groups is 2. The molecule has 7 nitrogen and oxygen atoms in total. The van der Waals surface area contributed by atoms with Crippen LogP contribution in [0, 0.1) is 6.92 Å². The first-order valence-corrected chi connectivity index (χ1v) is 7.86. The summed E-state index contributed by atoms with van der Waals surface area (Å²) in [6, 6.07) is 12.9. The molecule has 128 valence electrons. The van der Waals surface area contributed by atoms with Gasteiger partial charge in [-0.15, -0.1) is 0 Å². The van der Waals surface area contributed by atoms with Crippen LogP contribution < -0.4 is 0 Å². The van der Waals surface area contributed by atoms with E-state index in [0.29, 0.717) is 10.8 Å². The highest BCUT2D eigenvalue weighted by Crippen LogP contribution is 2.23. The average Bonchev–Trinajstić information content (AvgIpc) is 3.20. The van der Waals surface area contributed by atoms with E-state index in [-0.39, 0.29) is 16.7 Å². The monoisotopic (exact) mass is 347 g/mol. The molecule has 0 N–H and O–H groups in total. The molecule has 0 bridgehead atoms. The van der Waals surface area contributed by atoms with Crippen LogP contribution in [0.1, 0.15) is 36.6 Å². The van der Waals surface area contributed by atoms with E-state index < -0.39 is 17.8 Å². The van der Waals surface area contributed by atoms with Crippen molar-refractivity contribution in [1.29, 1.82) is 0 Å². The summed E-state index contributed by atoms with van der Waals surface area (Å²) >= 11 is 0. The molecule has 0 fully saturated rings. The number of carbonyl (C=O) groups is 3. The number of hydrogen-bond donors (Lipinski definition) is 0. The third kappa shape index (κ3) is 2.55. The number of fused-ring (bicyclic) bond motifs is 1. The maximum Gasteiger partial charge on any atom is 0.364 e. The third-order valence-corrected chi connectivity index (χ3v) is 3.99. The zero-order chi connectivity index (χ0) is 18.3. The van der Waals surface area contributed by atoms with Gasteiger partial charge in [-0.25, -0.2) is 9.48 Å². The molecule has 2 heterocycles. The molecule has 0 saturated carbocycles. The molecular weight excluding hydrogens is 334 g/mol. The minimum Gasteiger partial charge on any atom is -0.324 e. The Morgan fingerprint density at radius 2 is 1.69 bits per heavy atom. The Labute approximate surface area is 148 Å². The van der Waals surface area contributed by atoms with Crippen LogP contribution in [0.3, 0.4) is 0 Å². The normalized spacial score (nSPS) is 13.0. The first-order chi connectivity index (χ1) is 12.5. The van der Waals surface area contributed by atoms with Gasteiger partial charge in [0.1, 0.15) is 0 Å².